The lowest BCUT2D eigenvalue weighted by atomic mass is 10.1. The highest BCUT2D eigenvalue weighted by Gasteiger charge is 2.27. The summed E-state index contributed by atoms with van der Waals surface area (Å²) >= 11 is 0. The fourth-order valence-corrected chi connectivity index (χ4v) is 5.07. The predicted molar refractivity (Wildman–Crippen MR) is 143 cm³/mol. The van der Waals surface area contributed by atoms with Gasteiger partial charge in [0.25, 0.3) is 0 Å². The average molecular weight is 478 g/mol. The summed E-state index contributed by atoms with van der Waals surface area (Å²) < 4.78 is 16.3. The van der Waals surface area contributed by atoms with E-state index < -0.39 is 0 Å². The fourth-order valence-electron chi connectivity index (χ4n) is 5.07. The highest BCUT2D eigenvalue weighted by atomic mass is 19.1. The van der Waals surface area contributed by atoms with E-state index >= 15 is 0 Å². The third-order valence-electron chi connectivity index (χ3n) is 6.87. The monoisotopic (exact) mass is 477 g/mol. The molecule has 1 saturated heterocycles. The first-order chi connectivity index (χ1) is 17.1. The molecule has 1 aliphatic rings. The maximum Gasteiger partial charge on any atom is 0.137 e. The van der Waals surface area contributed by atoms with Crippen molar-refractivity contribution in [2.24, 2.45) is 0 Å². The van der Waals surface area contributed by atoms with Crippen molar-refractivity contribution >= 4 is 5.82 Å². The Kier molecular flexibility index (Phi) is 8.94. The molecule has 0 amide bonds. The minimum absolute atomic E-state index is 0.227. The average Bonchev–Trinajstić information content (AvgIpc) is 3.23. The van der Waals surface area contributed by atoms with Crippen LogP contribution in [0.25, 0.3) is 5.69 Å². The Morgan fingerprint density at radius 2 is 1.66 bits per heavy atom. The summed E-state index contributed by atoms with van der Waals surface area (Å²) in [5, 5.41) is 5.11. The van der Waals surface area contributed by atoms with Crippen LogP contribution in [-0.2, 0) is 19.5 Å². The largest absolute Gasteiger partial charge is 0.354 e. The third kappa shape index (κ3) is 6.30. The van der Waals surface area contributed by atoms with Crippen LogP contribution >= 0.6 is 0 Å². The smallest absolute Gasteiger partial charge is 0.137 e. The van der Waals surface area contributed by atoms with Gasteiger partial charge in [-0.05, 0) is 49.7 Å². The number of halogens is 1. The van der Waals surface area contributed by atoms with Crippen molar-refractivity contribution in [3.05, 3.63) is 77.2 Å². The van der Waals surface area contributed by atoms with E-state index in [-0.39, 0.29) is 5.82 Å². The van der Waals surface area contributed by atoms with Gasteiger partial charge in [-0.3, -0.25) is 4.90 Å². The second-order valence-corrected chi connectivity index (χ2v) is 9.51. The van der Waals surface area contributed by atoms with Crippen LogP contribution in [0.2, 0.25) is 0 Å². The number of aryl methyl sites for hydroxylation is 1. The maximum absolute atomic E-state index is 14.3. The van der Waals surface area contributed by atoms with Crippen molar-refractivity contribution in [1.82, 2.24) is 19.6 Å². The zero-order chi connectivity index (χ0) is 24.6. The Labute approximate surface area is 210 Å². The van der Waals surface area contributed by atoms with Gasteiger partial charge < -0.3 is 9.80 Å². The number of nitrogens with zero attached hydrogens (tertiary/aromatic N) is 5. The molecule has 1 aromatic heterocycles. The quantitative estimate of drug-likeness (QED) is 0.364. The molecule has 2 heterocycles. The van der Waals surface area contributed by atoms with E-state index in [1.165, 1.54) is 17.2 Å². The van der Waals surface area contributed by atoms with Crippen molar-refractivity contribution in [2.45, 2.75) is 53.1 Å². The predicted octanol–water partition coefficient (Wildman–Crippen LogP) is 5.52. The van der Waals surface area contributed by atoms with E-state index in [0.29, 0.717) is 0 Å². The number of aromatic nitrogens is 2. The highest BCUT2D eigenvalue weighted by molar-refractivity contribution is 5.56. The summed E-state index contributed by atoms with van der Waals surface area (Å²) in [6.07, 6.45) is 3.05. The van der Waals surface area contributed by atoms with Gasteiger partial charge in [-0.25, -0.2) is 9.07 Å². The molecule has 188 valence electrons. The van der Waals surface area contributed by atoms with E-state index in [1.54, 1.807) is 12.1 Å². The highest BCUT2D eigenvalue weighted by Crippen LogP contribution is 2.31. The molecule has 5 nitrogen and oxygen atoms in total. The molecule has 0 atom stereocenters. The van der Waals surface area contributed by atoms with Gasteiger partial charge in [-0.1, -0.05) is 63.6 Å². The molecule has 6 heteroatoms. The lowest BCUT2D eigenvalue weighted by Crippen LogP contribution is -2.47. The lowest BCUT2D eigenvalue weighted by molar-refractivity contribution is 0.254. The summed E-state index contributed by atoms with van der Waals surface area (Å²) in [7, 11) is 0. The molecule has 0 unspecified atom stereocenters. The van der Waals surface area contributed by atoms with Crippen molar-refractivity contribution in [3.63, 3.8) is 0 Å². The first kappa shape index (κ1) is 25.4. The van der Waals surface area contributed by atoms with Crippen LogP contribution < -0.4 is 4.90 Å². The second-order valence-electron chi connectivity index (χ2n) is 9.51. The maximum atomic E-state index is 14.3. The zero-order valence-electron chi connectivity index (χ0n) is 21.6. The number of hydrogen-bond donors (Lipinski definition) is 0. The fraction of sp³-hybridized carbons (Fsp3) is 0.483. The molecule has 0 bridgehead atoms. The van der Waals surface area contributed by atoms with Crippen LogP contribution in [0.4, 0.5) is 10.2 Å². The van der Waals surface area contributed by atoms with E-state index in [0.717, 1.165) is 88.8 Å². The van der Waals surface area contributed by atoms with E-state index in [1.807, 2.05) is 10.7 Å². The molecule has 0 aliphatic carbocycles. The van der Waals surface area contributed by atoms with Crippen LogP contribution in [0.15, 0.2) is 54.6 Å². The molecule has 2 aromatic carbocycles. The van der Waals surface area contributed by atoms with Gasteiger partial charge in [-0.15, -0.1) is 0 Å². The third-order valence-corrected chi connectivity index (χ3v) is 6.87. The lowest BCUT2D eigenvalue weighted by Gasteiger charge is -2.36. The van der Waals surface area contributed by atoms with Gasteiger partial charge >= 0.3 is 0 Å². The number of piperazine rings is 1. The Balaban J connectivity index is 1.75. The van der Waals surface area contributed by atoms with Gasteiger partial charge in [-0.2, -0.15) is 5.10 Å². The van der Waals surface area contributed by atoms with Crippen LogP contribution in [0.3, 0.4) is 0 Å². The minimum Gasteiger partial charge on any atom is -0.354 e. The van der Waals surface area contributed by atoms with E-state index in [4.69, 9.17) is 5.10 Å². The standard InChI is InChI=1S/C29H40FN5/c1-4-11-28-27(23-33(16-5-2)22-24-12-8-7-9-13-24)29(34-19-17-32(6-3)18-20-34)35(31-28)26-15-10-14-25(30)21-26/h7-10,12-15,21H,4-6,11,16-20,22-23H2,1-3H3. The molecule has 3 aromatic rings. The number of rotatable bonds is 11. The molecule has 0 N–H and O–H groups in total. The molecule has 35 heavy (non-hydrogen) atoms. The van der Waals surface area contributed by atoms with Crippen molar-refractivity contribution in [2.75, 3.05) is 44.2 Å². The van der Waals surface area contributed by atoms with Crippen molar-refractivity contribution < 1.29 is 4.39 Å². The Hall–Kier alpha value is -2.70. The number of likely N-dealkylation sites (N-methyl/N-ethyl adjacent to an activating group) is 1. The van der Waals surface area contributed by atoms with Crippen molar-refractivity contribution in [1.29, 1.82) is 0 Å². The van der Waals surface area contributed by atoms with Gasteiger partial charge in [0.2, 0.25) is 0 Å². The summed E-state index contributed by atoms with van der Waals surface area (Å²) in [5.41, 5.74) is 4.56. The van der Waals surface area contributed by atoms with Gasteiger partial charge in [0.1, 0.15) is 11.6 Å². The molecule has 0 saturated carbocycles. The molecule has 0 radical (unpaired) electrons. The van der Waals surface area contributed by atoms with Crippen LogP contribution in [0.5, 0.6) is 0 Å². The Bertz CT molecular complexity index is 1060. The normalized spacial score (nSPS) is 14.7. The number of benzene rings is 2. The number of hydrogen-bond acceptors (Lipinski definition) is 4. The van der Waals surface area contributed by atoms with Crippen molar-refractivity contribution in [3.8, 4) is 5.69 Å². The minimum atomic E-state index is -0.227. The Morgan fingerprint density at radius 1 is 0.886 bits per heavy atom. The summed E-state index contributed by atoms with van der Waals surface area (Å²) in [4.78, 5) is 7.50. The zero-order valence-corrected chi connectivity index (χ0v) is 21.6. The molecular weight excluding hydrogens is 437 g/mol. The van der Waals surface area contributed by atoms with E-state index in [9.17, 15) is 4.39 Å². The summed E-state index contributed by atoms with van der Waals surface area (Å²) in [6.45, 7) is 14.5. The molecule has 1 aliphatic heterocycles. The topological polar surface area (TPSA) is 27.5 Å². The van der Waals surface area contributed by atoms with Crippen LogP contribution in [0, 0.1) is 5.82 Å². The second kappa shape index (κ2) is 12.3. The molecule has 4 rings (SSSR count). The summed E-state index contributed by atoms with van der Waals surface area (Å²) in [5.74, 6) is 0.916. The van der Waals surface area contributed by atoms with Gasteiger partial charge in [0.05, 0.1) is 11.4 Å². The van der Waals surface area contributed by atoms with E-state index in [2.05, 4.69) is 65.8 Å². The van der Waals surface area contributed by atoms with Gasteiger partial charge in [0, 0.05) is 44.8 Å². The first-order valence-electron chi connectivity index (χ1n) is 13.2. The summed E-state index contributed by atoms with van der Waals surface area (Å²) in [6, 6.07) is 17.6. The Morgan fingerprint density at radius 3 is 2.31 bits per heavy atom. The number of anilines is 1. The molecule has 0 spiro atoms. The SMILES string of the molecule is CCCc1nn(-c2cccc(F)c2)c(N2CCN(CC)CC2)c1CN(CCC)Cc1ccccc1. The molecular formula is C29H40FN5. The molecule has 1 fully saturated rings. The van der Waals surface area contributed by atoms with Gasteiger partial charge in [0.15, 0.2) is 0 Å². The van der Waals surface area contributed by atoms with Crippen LogP contribution in [-0.4, -0.2) is 58.8 Å². The van der Waals surface area contributed by atoms with Crippen LogP contribution in [0.1, 0.15) is 50.4 Å². The first-order valence-corrected chi connectivity index (χ1v) is 13.2.